The number of rotatable bonds is 6. The molecule has 31 heavy (non-hydrogen) atoms. The van der Waals surface area contributed by atoms with E-state index in [9.17, 15) is 9.59 Å². The van der Waals surface area contributed by atoms with Crippen molar-refractivity contribution in [3.05, 3.63) is 102 Å². The van der Waals surface area contributed by atoms with E-state index in [2.05, 4.69) is 22.8 Å². The third-order valence-corrected chi connectivity index (χ3v) is 5.78. The molecule has 5 nitrogen and oxygen atoms in total. The highest BCUT2D eigenvalue weighted by molar-refractivity contribution is 6.07. The van der Waals surface area contributed by atoms with Crippen molar-refractivity contribution in [2.45, 2.75) is 25.3 Å². The van der Waals surface area contributed by atoms with Crippen LogP contribution >= 0.6 is 0 Å². The van der Waals surface area contributed by atoms with Gasteiger partial charge < -0.3 is 15.1 Å². The second-order valence-electron chi connectivity index (χ2n) is 7.79. The molecule has 5 rings (SSSR count). The molecule has 154 valence electrons. The van der Waals surface area contributed by atoms with Crippen LogP contribution in [0.15, 0.2) is 83.5 Å². The smallest absolute Gasteiger partial charge is 0.287 e. The highest BCUT2D eigenvalue weighted by Crippen LogP contribution is 2.35. The van der Waals surface area contributed by atoms with Crippen LogP contribution in [0.3, 0.4) is 0 Å². The number of anilines is 1. The Morgan fingerprint density at radius 3 is 2.45 bits per heavy atom. The zero-order chi connectivity index (χ0) is 21.2. The number of aryl methyl sites for hydroxylation is 2. The zero-order valence-corrected chi connectivity index (χ0v) is 16.9. The largest absolute Gasteiger partial charge is 0.459 e. The van der Waals surface area contributed by atoms with Gasteiger partial charge in [0.25, 0.3) is 5.91 Å². The summed E-state index contributed by atoms with van der Waals surface area (Å²) < 4.78 is 5.19. The number of furan rings is 1. The zero-order valence-electron chi connectivity index (χ0n) is 16.9. The molecule has 1 aliphatic carbocycles. The van der Waals surface area contributed by atoms with Crippen molar-refractivity contribution >= 4 is 28.3 Å². The molecule has 0 bridgehead atoms. The van der Waals surface area contributed by atoms with Crippen LogP contribution in [0.2, 0.25) is 0 Å². The van der Waals surface area contributed by atoms with Gasteiger partial charge in [-0.25, -0.2) is 0 Å². The molecule has 2 amide bonds. The molecule has 0 radical (unpaired) electrons. The SMILES string of the molecule is O=C(NC(Cc1ccccc1)C(=O)Nc1ccc2c3c(cccc13)CC2)c1ccco1. The maximum atomic E-state index is 13.3. The van der Waals surface area contributed by atoms with E-state index in [1.54, 1.807) is 12.1 Å². The lowest BCUT2D eigenvalue weighted by molar-refractivity contribution is -0.118. The molecule has 2 N–H and O–H groups in total. The van der Waals surface area contributed by atoms with E-state index in [0.29, 0.717) is 6.42 Å². The maximum Gasteiger partial charge on any atom is 0.287 e. The van der Waals surface area contributed by atoms with Gasteiger partial charge in [-0.15, -0.1) is 0 Å². The minimum atomic E-state index is -0.747. The Balaban J connectivity index is 1.43. The molecule has 1 atom stereocenters. The van der Waals surface area contributed by atoms with Crippen molar-refractivity contribution in [3.8, 4) is 0 Å². The summed E-state index contributed by atoms with van der Waals surface area (Å²) in [6.45, 7) is 0. The number of carbonyl (C=O) groups excluding carboxylic acids is 2. The number of amides is 2. The molecular weight excluding hydrogens is 388 g/mol. The minimum absolute atomic E-state index is 0.177. The first-order chi connectivity index (χ1) is 15.2. The molecule has 1 heterocycles. The molecule has 1 unspecified atom stereocenters. The van der Waals surface area contributed by atoms with E-state index in [0.717, 1.165) is 29.5 Å². The first-order valence-electron chi connectivity index (χ1n) is 10.4. The predicted molar refractivity (Wildman–Crippen MR) is 120 cm³/mol. The number of hydrogen-bond acceptors (Lipinski definition) is 3. The highest BCUT2D eigenvalue weighted by Gasteiger charge is 2.24. The van der Waals surface area contributed by atoms with Gasteiger partial charge in [0.1, 0.15) is 6.04 Å². The Hall–Kier alpha value is -3.86. The lowest BCUT2D eigenvalue weighted by Gasteiger charge is -2.19. The second-order valence-corrected chi connectivity index (χ2v) is 7.79. The van der Waals surface area contributed by atoms with Crippen LogP contribution in [0.5, 0.6) is 0 Å². The monoisotopic (exact) mass is 410 g/mol. The molecule has 0 aliphatic heterocycles. The van der Waals surface area contributed by atoms with Gasteiger partial charge >= 0.3 is 0 Å². The fourth-order valence-electron chi connectivity index (χ4n) is 4.27. The van der Waals surface area contributed by atoms with Crippen LogP contribution in [-0.4, -0.2) is 17.9 Å². The van der Waals surface area contributed by atoms with E-state index in [4.69, 9.17) is 4.42 Å². The van der Waals surface area contributed by atoms with E-state index in [1.807, 2.05) is 48.5 Å². The summed E-state index contributed by atoms with van der Waals surface area (Å²) in [6, 6.07) is 22.4. The molecule has 0 saturated carbocycles. The number of hydrogen-bond donors (Lipinski definition) is 2. The van der Waals surface area contributed by atoms with Crippen LogP contribution in [-0.2, 0) is 24.1 Å². The topological polar surface area (TPSA) is 71.3 Å². The van der Waals surface area contributed by atoms with Crippen LogP contribution in [0.25, 0.3) is 10.8 Å². The van der Waals surface area contributed by atoms with Crippen LogP contribution in [0.1, 0.15) is 27.2 Å². The molecule has 5 heteroatoms. The summed E-state index contributed by atoms with van der Waals surface area (Å²) in [6.07, 6.45) is 3.87. The predicted octanol–water partition coefficient (Wildman–Crippen LogP) is 4.51. The Bertz CT molecular complexity index is 1240. The van der Waals surface area contributed by atoms with E-state index in [-0.39, 0.29) is 11.7 Å². The maximum absolute atomic E-state index is 13.3. The Morgan fingerprint density at radius 2 is 1.68 bits per heavy atom. The van der Waals surface area contributed by atoms with Gasteiger partial charge in [0.2, 0.25) is 5.91 Å². The standard InChI is InChI=1S/C26H22N2O3/c29-25(27-21-14-13-19-12-11-18-8-4-9-20(21)24(18)19)22(16-17-6-2-1-3-7-17)28-26(30)23-10-5-15-31-23/h1-10,13-15,22H,11-12,16H2,(H,27,29)(H,28,30). The van der Waals surface area contributed by atoms with Gasteiger partial charge in [0, 0.05) is 17.5 Å². The van der Waals surface area contributed by atoms with Crippen molar-refractivity contribution in [2.75, 3.05) is 5.32 Å². The summed E-state index contributed by atoms with van der Waals surface area (Å²) >= 11 is 0. The lowest BCUT2D eigenvalue weighted by Crippen LogP contribution is -2.45. The average Bonchev–Trinajstić information content (AvgIpc) is 3.47. The molecule has 0 saturated heterocycles. The molecular formula is C26H22N2O3. The first-order valence-corrected chi connectivity index (χ1v) is 10.4. The van der Waals surface area contributed by atoms with E-state index < -0.39 is 11.9 Å². The van der Waals surface area contributed by atoms with Gasteiger partial charge in [-0.3, -0.25) is 9.59 Å². The fourth-order valence-corrected chi connectivity index (χ4v) is 4.27. The van der Waals surface area contributed by atoms with Crippen LogP contribution < -0.4 is 10.6 Å². The average molecular weight is 410 g/mol. The fraction of sp³-hybridized carbons (Fsp3) is 0.154. The van der Waals surface area contributed by atoms with Gasteiger partial charge in [-0.1, -0.05) is 54.6 Å². The minimum Gasteiger partial charge on any atom is -0.459 e. The van der Waals surface area contributed by atoms with Gasteiger partial charge in [0.05, 0.1) is 6.26 Å². The van der Waals surface area contributed by atoms with Gasteiger partial charge in [-0.05, 0) is 53.1 Å². The van der Waals surface area contributed by atoms with Gasteiger partial charge in [-0.2, -0.15) is 0 Å². The highest BCUT2D eigenvalue weighted by atomic mass is 16.3. The van der Waals surface area contributed by atoms with Crippen LogP contribution in [0.4, 0.5) is 5.69 Å². The third-order valence-electron chi connectivity index (χ3n) is 5.78. The van der Waals surface area contributed by atoms with Crippen molar-refractivity contribution < 1.29 is 14.0 Å². The molecule has 3 aromatic carbocycles. The number of carbonyl (C=O) groups is 2. The van der Waals surface area contributed by atoms with Crippen molar-refractivity contribution in [1.29, 1.82) is 0 Å². The Kier molecular flexibility index (Phi) is 5.00. The first kappa shape index (κ1) is 19.1. The second kappa shape index (κ2) is 8.11. The summed E-state index contributed by atoms with van der Waals surface area (Å²) in [7, 11) is 0. The quantitative estimate of drug-likeness (QED) is 0.491. The molecule has 0 fully saturated rings. The summed E-state index contributed by atoms with van der Waals surface area (Å²) in [5.41, 5.74) is 4.35. The summed E-state index contributed by atoms with van der Waals surface area (Å²) in [4.78, 5) is 25.9. The number of nitrogens with one attached hydrogen (secondary N) is 2. The van der Waals surface area contributed by atoms with Gasteiger partial charge in [0.15, 0.2) is 5.76 Å². The van der Waals surface area contributed by atoms with Crippen LogP contribution in [0, 0.1) is 0 Å². The summed E-state index contributed by atoms with van der Waals surface area (Å²) in [5, 5.41) is 8.15. The third kappa shape index (κ3) is 3.82. The van der Waals surface area contributed by atoms with E-state index >= 15 is 0 Å². The van der Waals surface area contributed by atoms with E-state index in [1.165, 1.54) is 22.8 Å². The van der Waals surface area contributed by atoms with Crippen molar-refractivity contribution in [3.63, 3.8) is 0 Å². The molecule has 4 aromatic rings. The Morgan fingerprint density at radius 1 is 0.871 bits per heavy atom. The molecule has 0 spiro atoms. The molecule has 1 aliphatic rings. The molecule has 1 aromatic heterocycles. The summed E-state index contributed by atoms with van der Waals surface area (Å²) in [5.74, 6) is -0.500. The lowest BCUT2D eigenvalue weighted by atomic mass is 10.0. The van der Waals surface area contributed by atoms with Crippen molar-refractivity contribution in [1.82, 2.24) is 5.32 Å². The Labute approximate surface area is 180 Å². The van der Waals surface area contributed by atoms with Crippen molar-refractivity contribution in [2.24, 2.45) is 0 Å². The normalized spacial score (nSPS) is 13.2. The number of benzene rings is 3.